The summed E-state index contributed by atoms with van der Waals surface area (Å²) in [5, 5.41) is 14.1. The van der Waals surface area contributed by atoms with Gasteiger partial charge in [-0.05, 0) is 12.1 Å². The first-order valence-electron chi connectivity index (χ1n) is 6.15. The van der Waals surface area contributed by atoms with Gasteiger partial charge >= 0.3 is 6.03 Å². The predicted molar refractivity (Wildman–Crippen MR) is 77.1 cm³/mol. The van der Waals surface area contributed by atoms with Crippen LogP contribution in [0.15, 0.2) is 30.6 Å². The molecule has 0 radical (unpaired) electrons. The highest BCUT2D eigenvalue weighted by Crippen LogP contribution is 2.12. The number of nitrogens with one attached hydrogen (secondary N) is 2. The molecule has 3 heterocycles. The lowest BCUT2D eigenvalue weighted by atomic mass is 10.4. The minimum absolute atomic E-state index is 0.204. The summed E-state index contributed by atoms with van der Waals surface area (Å²) in [6.07, 6.45) is 3.48. The number of carbonyl (C=O) groups excluding carboxylic acids is 1. The lowest BCUT2D eigenvalue weighted by Crippen LogP contribution is -2.28. The van der Waals surface area contributed by atoms with Gasteiger partial charge in [0.2, 0.25) is 0 Å². The van der Waals surface area contributed by atoms with Crippen LogP contribution in [0.2, 0.25) is 5.02 Å². The van der Waals surface area contributed by atoms with Crippen LogP contribution in [0.4, 0.5) is 10.7 Å². The summed E-state index contributed by atoms with van der Waals surface area (Å²) in [5.74, 6) is 0.204. The monoisotopic (exact) mass is 305 g/mol. The van der Waals surface area contributed by atoms with Crippen LogP contribution >= 0.6 is 11.6 Å². The van der Waals surface area contributed by atoms with E-state index in [1.807, 2.05) is 19.3 Å². The van der Waals surface area contributed by atoms with Gasteiger partial charge in [-0.3, -0.25) is 10.00 Å². The number of halogens is 1. The zero-order valence-corrected chi connectivity index (χ0v) is 11.9. The predicted octanol–water partition coefficient (Wildman–Crippen LogP) is 1.44. The SMILES string of the molecule is Cn1ccc(CNC(=O)Nc2nc3cc(Cl)ccn3n2)n1. The van der Waals surface area contributed by atoms with Crippen LogP contribution in [-0.2, 0) is 13.6 Å². The molecule has 2 N–H and O–H groups in total. The molecule has 0 unspecified atom stereocenters. The largest absolute Gasteiger partial charge is 0.332 e. The first-order valence-corrected chi connectivity index (χ1v) is 6.53. The molecule has 8 nitrogen and oxygen atoms in total. The van der Waals surface area contributed by atoms with E-state index in [1.165, 1.54) is 4.52 Å². The Hall–Kier alpha value is -2.61. The third-order valence-electron chi connectivity index (χ3n) is 2.72. The van der Waals surface area contributed by atoms with Gasteiger partial charge in [-0.2, -0.15) is 10.1 Å². The fourth-order valence-corrected chi connectivity index (χ4v) is 1.94. The van der Waals surface area contributed by atoms with Crippen LogP contribution in [0.25, 0.3) is 5.65 Å². The molecule has 0 bridgehead atoms. The van der Waals surface area contributed by atoms with E-state index in [0.29, 0.717) is 17.2 Å². The number of nitrogens with zero attached hydrogens (tertiary/aromatic N) is 5. The van der Waals surface area contributed by atoms with Gasteiger partial charge in [0.25, 0.3) is 5.95 Å². The average molecular weight is 306 g/mol. The van der Waals surface area contributed by atoms with Gasteiger partial charge in [0.1, 0.15) is 0 Å². The molecule has 0 aliphatic rings. The average Bonchev–Trinajstić information content (AvgIpc) is 3.01. The molecule has 0 saturated heterocycles. The number of amides is 2. The third-order valence-corrected chi connectivity index (χ3v) is 2.96. The third kappa shape index (κ3) is 3.11. The standard InChI is InChI=1S/C12H12ClN7O/c1-19-4-3-9(17-19)7-14-12(21)16-11-15-10-6-8(13)2-5-20(10)18-11/h2-6H,7H2,1H3,(H2,14,16,18,21). The van der Waals surface area contributed by atoms with E-state index in [0.717, 1.165) is 5.69 Å². The second-order valence-corrected chi connectivity index (χ2v) is 4.81. The van der Waals surface area contributed by atoms with Gasteiger partial charge in [0, 0.05) is 30.5 Å². The summed E-state index contributed by atoms with van der Waals surface area (Å²) in [4.78, 5) is 15.9. The number of rotatable bonds is 3. The first-order chi connectivity index (χ1) is 10.1. The van der Waals surface area contributed by atoms with Gasteiger partial charge in [0.15, 0.2) is 5.65 Å². The number of anilines is 1. The Morgan fingerprint density at radius 2 is 2.19 bits per heavy atom. The Bertz CT molecular complexity index is 794. The zero-order chi connectivity index (χ0) is 14.8. The maximum absolute atomic E-state index is 11.8. The van der Waals surface area contributed by atoms with Crippen LogP contribution in [0.5, 0.6) is 0 Å². The lowest BCUT2D eigenvalue weighted by molar-refractivity contribution is 0.251. The maximum atomic E-state index is 11.8. The molecule has 9 heteroatoms. The molecule has 2 amide bonds. The van der Waals surface area contributed by atoms with E-state index < -0.39 is 6.03 Å². The molecule has 0 aromatic carbocycles. The summed E-state index contributed by atoms with van der Waals surface area (Å²) in [6, 6.07) is 4.77. The lowest BCUT2D eigenvalue weighted by Gasteiger charge is -2.02. The Kier molecular flexibility index (Phi) is 3.44. The minimum atomic E-state index is -0.400. The van der Waals surface area contributed by atoms with Crippen molar-refractivity contribution in [3.8, 4) is 0 Å². The molecular formula is C12H12ClN7O. The zero-order valence-electron chi connectivity index (χ0n) is 11.1. The van der Waals surface area contributed by atoms with E-state index in [1.54, 1.807) is 23.0 Å². The van der Waals surface area contributed by atoms with Crippen molar-refractivity contribution < 1.29 is 4.79 Å². The molecule has 0 fully saturated rings. The number of hydrogen-bond acceptors (Lipinski definition) is 4. The van der Waals surface area contributed by atoms with Gasteiger partial charge < -0.3 is 5.32 Å². The summed E-state index contributed by atoms with van der Waals surface area (Å²) >= 11 is 5.86. The van der Waals surface area contributed by atoms with Crippen LogP contribution in [-0.4, -0.2) is 30.4 Å². The van der Waals surface area contributed by atoms with Gasteiger partial charge in [-0.15, -0.1) is 5.10 Å². The molecule has 0 aliphatic heterocycles. The maximum Gasteiger partial charge on any atom is 0.321 e. The highest BCUT2D eigenvalue weighted by molar-refractivity contribution is 6.30. The van der Waals surface area contributed by atoms with E-state index >= 15 is 0 Å². The van der Waals surface area contributed by atoms with Crippen LogP contribution < -0.4 is 10.6 Å². The van der Waals surface area contributed by atoms with Crippen molar-refractivity contribution in [2.75, 3.05) is 5.32 Å². The number of fused-ring (bicyclic) bond motifs is 1. The molecule has 3 rings (SSSR count). The van der Waals surface area contributed by atoms with Crippen molar-refractivity contribution in [3.63, 3.8) is 0 Å². The fraction of sp³-hybridized carbons (Fsp3) is 0.167. The summed E-state index contributed by atoms with van der Waals surface area (Å²) in [6.45, 7) is 0.325. The number of pyridine rings is 1. The van der Waals surface area contributed by atoms with Crippen molar-refractivity contribution >= 4 is 29.2 Å². The molecule has 108 valence electrons. The van der Waals surface area contributed by atoms with Gasteiger partial charge in [-0.25, -0.2) is 9.31 Å². The molecule has 0 saturated carbocycles. The topological polar surface area (TPSA) is 89.1 Å². The number of urea groups is 1. The first kappa shape index (κ1) is 13.4. The Morgan fingerprint density at radius 1 is 1.33 bits per heavy atom. The van der Waals surface area contributed by atoms with Crippen molar-refractivity contribution in [1.29, 1.82) is 0 Å². The van der Waals surface area contributed by atoms with Crippen molar-refractivity contribution in [1.82, 2.24) is 29.7 Å². The molecule has 0 atom stereocenters. The van der Waals surface area contributed by atoms with Crippen molar-refractivity contribution in [3.05, 3.63) is 41.3 Å². The molecule has 3 aromatic rings. The Labute approximate surface area is 124 Å². The fourth-order valence-electron chi connectivity index (χ4n) is 1.78. The van der Waals surface area contributed by atoms with E-state index in [2.05, 4.69) is 25.8 Å². The van der Waals surface area contributed by atoms with Crippen molar-refractivity contribution in [2.24, 2.45) is 7.05 Å². The normalized spacial score (nSPS) is 10.8. The highest BCUT2D eigenvalue weighted by atomic mass is 35.5. The molecule has 0 aliphatic carbocycles. The smallest absolute Gasteiger partial charge is 0.321 e. The van der Waals surface area contributed by atoms with Gasteiger partial charge in [0.05, 0.1) is 12.2 Å². The number of aromatic nitrogens is 5. The van der Waals surface area contributed by atoms with Crippen molar-refractivity contribution in [2.45, 2.75) is 6.54 Å². The van der Waals surface area contributed by atoms with Crippen LogP contribution in [0.3, 0.4) is 0 Å². The minimum Gasteiger partial charge on any atom is -0.332 e. The molecular weight excluding hydrogens is 294 g/mol. The number of carbonyl (C=O) groups is 1. The highest BCUT2D eigenvalue weighted by Gasteiger charge is 2.08. The van der Waals surface area contributed by atoms with Gasteiger partial charge in [-0.1, -0.05) is 11.6 Å². The molecule has 3 aromatic heterocycles. The van der Waals surface area contributed by atoms with E-state index in [4.69, 9.17) is 11.6 Å². The van der Waals surface area contributed by atoms with E-state index in [9.17, 15) is 4.79 Å². The number of aryl methyl sites for hydroxylation is 1. The Balaban J connectivity index is 1.63. The Morgan fingerprint density at radius 3 is 2.95 bits per heavy atom. The molecule has 0 spiro atoms. The number of hydrogen-bond donors (Lipinski definition) is 2. The second kappa shape index (κ2) is 5.41. The molecule has 21 heavy (non-hydrogen) atoms. The van der Waals surface area contributed by atoms with E-state index in [-0.39, 0.29) is 5.95 Å². The van der Waals surface area contributed by atoms with Crippen LogP contribution in [0.1, 0.15) is 5.69 Å². The summed E-state index contributed by atoms with van der Waals surface area (Å²) in [5.41, 5.74) is 1.32. The summed E-state index contributed by atoms with van der Waals surface area (Å²) < 4.78 is 3.20. The van der Waals surface area contributed by atoms with Crippen LogP contribution in [0, 0.1) is 0 Å². The quantitative estimate of drug-likeness (QED) is 0.766. The summed E-state index contributed by atoms with van der Waals surface area (Å²) in [7, 11) is 1.81. The second-order valence-electron chi connectivity index (χ2n) is 4.37.